The first-order chi connectivity index (χ1) is 14.4. The van der Waals surface area contributed by atoms with Gasteiger partial charge in [0.25, 0.3) is 0 Å². The minimum atomic E-state index is 0.231. The van der Waals surface area contributed by atoms with Crippen LogP contribution in [0.1, 0.15) is 40.3 Å². The second-order valence-electron chi connectivity index (χ2n) is 8.58. The number of ether oxygens (including phenoxy) is 2. The van der Waals surface area contributed by atoms with Gasteiger partial charge in [0.05, 0.1) is 19.8 Å². The Balaban J connectivity index is 1.53. The smallest absolute Gasteiger partial charge is 0.218 e. The lowest BCUT2D eigenvalue weighted by Gasteiger charge is -2.29. The molecule has 0 radical (unpaired) electrons. The van der Waals surface area contributed by atoms with Crippen LogP contribution < -0.4 is 14.5 Å². The van der Waals surface area contributed by atoms with E-state index >= 15 is 0 Å². The van der Waals surface area contributed by atoms with Crippen LogP contribution in [0.25, 0.3) is 0 Å². The number of nitrogens with one attached hydrogen (secondary N) is 2. The van der Waals surface area contributed by atoms with E-state index in [1.807, 2.05) is 12.1 Å². The van der Waals surface area contributed by atoms with E-state index in [0.29, 0.717) is 13.2 Å². The third kappa shape index (κ3) is 5.31. The van der Waals surface area contributed by atoms with Crippen LogP contribution in [-0.4, -0.2) is 63.9 Å². The first kappa shape index (κ1) is 22.5. The van der Waals surface area contributed by atoms with Crippen molar-refractivity contribution in [1.29, 1.82) is 0 Å². The van der Waals surface area contributed by atoms with Crippen molar-refractivity contribution >= 4 is 5.78 Å². The molecule has 30 heavy (non-hydrogen) atoms. The van der Waals surface area contributed by atoms with E-state index in [1.54, 1.807) is 19.1 Å². The maximum Gasteiger partial charge on any atom is 0.218 e. The van der Waals surface area contributed by atoms with Crippen LogP contribution in [0.2, 0.25) is 0 Å². The summed E-state index contributed by atoms with van der Waals surface area (Å²) in [7, 11) is 3.41. The van der Waals surface area contributed by atoms with E-state index in [0.717, 1.165) is 55.4 Å². The van der Waals surface area contributed by atoms with Crippen LogP contribution in [0.3, 0.4) is 0 Å². The van der Waals surface area contributed by atoms with Gasteiger partial charge in [0.1, 0.15) is 45.0 Å². The SMILES string of the molecule is COC[C@@H](C)n1c(C)cc(C(=O)C[NH+]2CC[NH+](Cc3ccc(OC)cc3)CC2)c1C. The highest BCUT2D eigenvalue weighted by molar-refractivity contribution is 5.98. The number of hydrogen-bond acceptors (Lipinski definition) is 3. The highest BCUT2D eigenvalue weighted by atomic mass is 16.5. The predicted octanol–water partition coefficient (Wildman–Crippen LogP) is 0.487. The standard InChI is InChI=1S/C24H35N3O3/c1-18-14-23(20(3)27(18)19(2)17-29-4)24(28)16-26-12-10-25(11-13-26)15-21-6-8-22(30-5)9-7-21/h6-9,14,19H,10-13,15-17H2,1-5H3/p+2/t19-/m1/s1. The Morgan fingerprint density at radius 2 is 1.70 bits per heavy atom. The van der Waals surface area contributed by atoms with Crippen molar-refractivity contribution in [2.45, 2.75) is 33.4 Å². The van der Waals surface area contributed by atoms with Gasteiger partial charge in [-0.1, -0.05) is 0 Å². The molecule has 2 aromatic rings. The molecule has 0 spiro atoms. The molecular weight excluding hydrogens is 378 g/mol. The third-order valence-electron chi connectivity index (χ3n) is 6.32. The zero-order valence-electron chi connectivity index (χ0n) is 19.1. The zero-order chi connectivity index (χ0) is 21.7. The predicted molar refractivity (Wildman–Crippen MR) is 118 cm³/mol. The summed E-state index contributed by atoms with van der Waals surface area (Å²) < 4.78 is 12.8. The van der Waals surface area contributed by atoms with Gasteiger partial charge in [-0.3, -0.25) is 4.79 Å². The highest BCUT2D eigenvalue weighted by Crippen LogP contribution is 2.20. The van der Waals surface area contributed by atoms with E-state index in [9.17, 15) is 4.79 Å². The first-order valence-corrected chi connectivity index (χ1v) is 10.9. The Hall–Kier alpha value is -2.15. The fourth-order valence-corrected chi connectivity index (χ4v) is 4.72. The molecule has 2 N–H and O–H groups in total. The lowest BCUT2D eigenvalue weighted by molar-refractivity contribution is -1.01. The van der Waals surface area contributed by atoms with Gasteiger partial charge in [0.15, 0.2) is 0 Å². The molecule has 0 aliphatic carbocycles. The third-order valence-corrected chi connectivity index (χ3v) is 6.32. The molecule has 2 heterocycles. The zero-order valence-corrected chi connectivity index (χ0v) is 19.1. The summed E-state index contributed by atoms with van der Waals surface area (Å²) in [5, 5.41) is 0. The van der Waals surface area contributed by atoms with E-state index in [1.165, 1.54) is 10.5 Å². The van der Waals surface area contributed by atoms with Crippen LogP contribution in [-0.2, 0) is 11.3 Å². The maximum absolute atomic E-state index is 13.0. The Labute approximate surface area is 180 Å². The van der Waals surface area contributed by atoms with E-state index in [-0.39, 0.29) is 11.8 Å². The van der Waals surface area contributed by atoms with E-state index in [2.05, 4.69) is 43.5 Å². The van der Waals surface area contributed by atoms with Gasteiger partial charge in [-0.05, 0) is 51.1 Å². The molecule has 3 rings (SSSR count). The largest absolute Gasteiger partial charge is 0.497 e. The second kappa shape index (κ2) is 10.2. The Morgan fingerprint density at radius 1 is 1.07 bits per heavy atom. The van der Waals surface area contributed by atoms with Crippen LogP contribution in [0.5, 0.6) is 5.75 Å². The summed E-state index contributed by atoms with van der Waals surface area (Å²) in [4.78, 5) is 16.0. The van der Waals surface area contributed by atoms with Gasteiger partial charge in [-0.25, -0.2) is 0 Å². The molecule has 1 atom stereocenters. The van der Waals surface area contributed by atoms with Crippen molar-refractivity contribution in [3.8, 4) is 5.75 Å². The fourth-order valence-electron chi connectivity index (χ4n) is 4.72. The number of carbonyl (C=O) groups is 1. The number of rotatable bonds is 9. The van der Waals surface area contributed by atoms with Gasteiger partial charge in [-0.2, -0.15) is 0 Å². The maximum atomic E-state index is 13.0. The summed E-state index contributed by atoms with van der Waals surface area (Å²) in [6, 6.07) is 10.6. The molecule has 6 nitrogen and oxygen atoms in total. The molecular formula is C24H37N3O3+2. The van der Waals surface area contributed by atoms with Gasteiger partial charge < -0.3 is 23.8 Å². The number of hydrogen-bond donors (Lipinski definition) is 2. The lowest BCUT2D eigenvalue weighted by Crippen LogP contribution is -3.27. The summed E-state index contributed by atoms with van der Waals surface area (Å²) in [6.07, 6.45) is 0. The number of aryl methyl sites for hydroxylation is 1. The summed E-state index contributed by atoms with van der Waals surface area (Å²) in [5.74, 6) is 1.16. The fraction of sp³-hybridized carbons (Fsp3) is 0.542. The molecule has 1 aromatic carbocycles. The van der Waals surface area contributed by atoms with Gasteiger partial charge in [0.2, 0.25) is 5.78 Å². The first-order valence-electron chi connectivity index (χ1n) is 10.9. The average molecular weight is 416 g/mol. The van der Waals surface area contributed by atoms with Crippen molar-refractivity contribution < 1.29 is 24.1 Å². The van der Waals surface area contributed by atoms with Gasteiger partial charge in [0, 0.05) is 29.6 Å². The molecule has 1 saturated heterocycles. The monoisotopic (exact) mass is 415 g/mol. The average Bonchev–Trinajstić information content (AvgIpc) is 3.04. The molecule has 164 valence electrons. The summed E-state index contributed by atoms with van der Waals surface area (Å²) in [6.45, 7) is 12.8. The number of methoxy groups -OCH3 is 2. The molecule has 1 fully saturated rings. The molecule has 0 unspecified atom stereocenters. The Bertz CT molecular complexity index is 836. The van der Waals surface area contributed by atoms with E-state index < -0.39 is 0 Å². The van der Waals surface area contributed by atoms with Gasteiger partial charge in [-0.15, -0.1) is 0 Å². The molecule has 0 saturated carbocycles. The number of aromatic nitrogens is 1. The minimum Gasteiger partial charge on any atom is -0.497 e. The minimum absolute atomic E-state index is 0.231. The second-order valence-corrected chi connectivity index (χ2v) is 8.58. The van der Waals surface area contributed by atoms with Crippen molar-refractivity contribution in [3.63, 3.8) is 0 Å². The Morgan fingerprint density at radius 3 is 2.30 bits per heavy atom. The number of benzene rings is 1. The number of piperazine rings is 1. The van der Waals surface area contributed by atoms with Crippen molar-refractivity contribution in [2.24, 2.45) is 0 Å². The molecule has 6 heteroatoms. The lowest BCUT2D eigenvalue weighted by atomic mass is 10.1. The molecule has 1 aliphatic heterocycles. The van der Waals surface area contributed by atoms with Crippen LogP contribution >= 0.6 is 0 Å². The molecule has 1 aromatic heterocycles. The summed E-state index contributed by atoms with van der Waals surface area (Å²) in [5.41, 5.74) is 4.40. The normalized spacial score (nSPS) is 20.2. The number of Topliss-reactive ketones (excluding diaryl/α,β-unsaturated/α-hetero) is 1. The quantitative estimate of drug-likeness (QED) is 0.586. The number of nitrogens with zero attached hydrogens (tertiary/aromatic N) is 1. The molecule has 1 aliphatic rings. The number of quaternary nitrogens is 2. The summed E-state index contributed by atoms with van der Waals surface area (Å²) >= 11 is 0. The van der Waals surface area contributed by atoms with E-state index in [4.69, 9.17) is 9.47 Å². The topological polar surface area (TPSA) is 49.3 Å². The highest BCUT2D eigenvalue weighted by Gasteiger charge is 2.27. The Kier molecular flexibility index (Phi) is 7.69. The van der Waals surface area contributed by atoms with Crippen molar-refractivity contribution in [2.75, 3.05) is 53.6 Å². The van der Waals surface area contributed by atoms with Gasteiger partial charge >= 0.3 is 0 Å². The van der Waals surface area contributed by atoms with Crippen LogP contribution in [0.15, 0.2) is 30.3 Å². The van der Waals surface area contributed by atoms with Crippen molar-refractivity contribution in [3.05, 3.63) is 52.8 Å². The number of carbonyl (C=O) groups excluding carboxylic acids is 1. The molecule has 0 amide bonds. The van der Waals surface area contributed by atoms with Crippen molar-refractivity contribution in [1.82, 2.24) is 4.57 Å². The van der Waals surface area contributed by atoms with Crippen LogP contribution in [0, 0.1) is 13.8 Å². The molecule has 0 bridgehead atoms. The van der Waals surface area contributed by atoms with Crippen LogP contribution in [0.4, 0.5) is 0 Å². The number of ketones is 1.